The molecule has 1 nitrogen and oxygen atoms in total. The molecule has 1 heteroatoms. The highest BCUT2D eigenvalue weighted by Gasteiger charge is 2.38. The first kappa shape index (κ1) is 21.3. The number of hydrogen-bond acceptors (Lipinski definition) is 1. The quantitative estimate of drug-likeness (QED) is 0.420. The molecule has 0 spiro atoms. The van der Waals surface area contributed by atoms with Gasteiger partial charge in [0.1, 0.15) is 5.75 Å². The summed E-state index contributed by atoms with van der Waals surface area (Å²) in [6.45, 7) is 5.46. The van der Waals surface area contributed by atoms with Crippen molar-refractivity contribution in [3.8, 4) is 5.75 Å². The van der Waals surface area contributed by atoms with Crippen molar-refractivity contribution in [1.29, 1.82) is 0 Å². The van der Waals surface area contributed by atoms with Crippen LogP contribution in [0.15, 0.2) is 24.3 Å². The summed E-state index contributed by atoms with van der Waals surface area (Å²) < 4.78 is 5.86. The predicted octanol–water partition coefficient (Wildman–Crippen LogP) is 8.38. The summed E-state index contributed by atoms with van der Waals surface area (Å²) in [7, 11) is 0. The van der Waals surface area contributed by atoms with Gasteiger partial charge >= 0.3 is 0 Å². The van der Waals surface area contributed by atoms with Crippen LogP contribution in [0.2, 0.25) is 0 Å². The summed E-state index contributed by atoms with van der Waals surface area (Å²) in [6, 6.07) is 9.12. The van der Waals surface area contributed by atoms with Crippen LogP contribution >= 0.6 is 0 Å². The number of hydrogen-bond donors (Lipinski definition) is 0. The summed E-state index contributed by atoms with van der Waals surface area (Å²) in [6.07, 6.45) is 18.8. The van der Waals surface area contributed by atoms with Gasteiger partial charge < -0.3 is 4.74 Å². The standard InChI is InChI=1S/C28H44O/c1-3-5-18-29-28-16-14-23(15-17-28)25-11-13-26-19-24(10-12-27(26)20-25)22-8-6-21(4-2)7-9-22/h14-17,21-22,24-27H,3-13,18-20H2,1-2H3. The minimum absolute atomic E-state index is 0.789. The van der Waals surface area contributed by atoms with E-state index < -0.39 is 0 Å². The zero-order chi connectivity index (χ0) is 20.1. The first-order chi connectivity index (χ1) is 14.3. The summed E-state index contributed by atoms with van der Waals surface area (Å²) in [5.41, 5.74) is 1.56. The van der Waals surface area contributed by atoms with Gasteiger partial charge in [0.15, 0.2) is 0 Å². The van der Waals surface area contributed by atoms with Crippen LogP contribution in [-0.4, -0.2) is 6.61 Å². The minimum Gasteiger partial charge on any atom is -0.494 e. The molecule has 3 aliphatic rings. The normalized spacial score (nSPS) is 35.1. The molecule has 4 unspecified atom stereocenters. The van der Waals surface area contributed by atoms with Crippen LogP contribution in [0.4, 0.5) is 0 Å². The molecular formula is C28H44O. The van der Waals surface area contributed by atoms with Gasteiger partial charge in [-0.15, -0.1) is 0 Å². The number of rotatable bonds is 7. The van der Waals surface area contributed by atoms with E-state index in [0.717, 1.165) is 54.3 Å². The van der Waals surface area contributed by atoms with E-state index in [1.807, 2.05) is 0 Å². The maximum absolute atomic E-state index is 5.86. The third-order valence-corrected chi connectivity index (χ3v) is 8.91. The lowest BCUT2D eigenvalue weighted by Gasteiger charge is -2.45. The highest BCUT2D eigenvalue weighted by molar-refractivity contribution is 5.30. The second-order valence-corrected chi connectivity index (χ2v) is 10.6. The van der Waals surface area contributed by atoms with Gasteiger partial charge in [0.05, 0.1) is 6.61 Å². The van der Waals surface area contributed by atoms with Gasteiger partial charge in [-0.2, -0.15) is 0 Å². The minimum atomic E-state index is 0.789. The average molecular weight is 397 g/mol. The molecule has 4 rings (SSSR count). The second-order valence-electron chi connectivity index (χ2n) is 10.6. The van der Waals surface area contributed by atoms with E-state index in [9.17, 15) is 0 Å². The molecule has 0 aromatic heterocycles. The van der Waals surface area contributed by atoms with E-state index in [-0.39, 0.29) is 0 Å². The van der Waals surface area contributed by atoms with Crippen molar-refractivity contribution in [1.82, 2.24) is 0 Å². The van der Waals surface area contributed by atoms with E-state index in [1.165, 1.54) is 70.6 Å². The summed E-state index contributed by atoms with van der Waals surface area (Å²) in [5.74, 6) is 7.04. The molecule has 0 aliphatic heterocycles. The van der Waals surface area contributed by atoms with E-state index >= 15 is 0 Å². The summed E-state index contributed by atoms with van der Waals surface area (Å²) >= 11 is 0. The number of fused-ring (bicyclic) bond motifs is 1. The third-order valence-electron chi connectivity index (χ3n) is 8.91. The van der Waals surface area contributed by atoms with E-state index in [2.05, 4.69) is 38.1 Å². The highest BCUT2D eigenvalue weighted by atomic mass is 16.5. The van der Waals surface area contributed by atoms with Crippen LogP contribution in [-0.2, 0) is 0 Å². The smallest absolute Gasteiger partial charge is 0.119 e. The van der Waals surface area contributed by atoms with Crippen molar-refractivity contribution in [3.05, 3.63) is 29.8 Å². The summed E-state index contributed by atoms with van der Waals surface area (Å²) in [4.78, 5) is 0. The molecule has 3 fully saturated rings. The Bertz CT molecular complexity index is 597. The molecule has 0 saturated heterocycles. The van der Waals surface area contributed by atoms with Crippen LogP contribution in [0.25, 0.3) is 0 Å². The van der Waals surface area contributed by atoms with Crippen LogP contribution in [0, 0.1) is 29.6 Å². The van der Waals surface area contributed by atoms with Crippen LogP contribution in [0.5, 0.6) is 5.75 Å². The van der Waals surface area contributed by atoms with Crippen LogP contribution in [0.1, 0.15) is 109 Å². The van der Waals surface area contributed by atoms with Crippen LogP contribution in [0.3, 0.4) is 0 Å². The fourth-order valence-corrected chi connectivity index (χ4v) is 6.89. The predicted molar refractivity (Wildman–Crippen MR) is 123 cm³/mol. The first-order valence-corrected chi connectivity index (χ1v) is 13.0. The van der Waals surface area contributed by atoms with Gasteiger partial charge in [-0.1, -0.05) is 51.7 Å². The number of unbranched alkanes of at least 4 members (excludes halogenated alkanes) is 1. The van der Waals surface area contributed by atoms with Crippen molar-refractivity contribution in [2.75, 3.05) is 6.61 Å². The number of ether oxygens (including phenoxy) is 1. The lowest BCUT2D eigenvalue weighted by Crippen LogP contribution is -2.34. The molecular weight excluding hydrogens is 352 g/mol. The molecule has 0 amide bonds. The van der Waals surface area contributed by atoms with E-state index in [4.69, 9.17) is 4.74 Å². The van der Waals surface area contributed by atoms with Gasteiger partial charge in [0.2, 0.25) is 0 Å². The van der Waals surface area contributed by atoms with Crippen LogP contribution < -0.4 is 4.74 Å². The van der Waals surface area contributed by atoms with Gasteiger partial charge in [-0.05, 0) is 111 Å². The maximum atomic E-state index is 5.86. The zero-order valence-corrected chi connectivity index (χ0v) is 19.1. The highest BCUT2D eigenvalue weighted by Crippen LogP contribution is 2.51. The molecule has 4 atom stereocenters. The van der Waals surface area contributed by atoms with Crippen molar-refractivity contribution in [2.24, 2.45) is 29.6 Å². The number of benzene rings is 1. The van der Waals surface area contributed by atoms with E-state index in [0.29, 0.717) is 0 Å². The molecule has 0 bridgehead atoms. The molecule has 0 radical (unpaired) electrons. The Morgan fingerprint density at radius 1 is 0.724 bits per heavy atom. The zero-order valence-electron chi connectivity index (χ0n) is 19.1. The molecule has 29 heavy (non-hydrogen) atoms. The van der Waals surface area contributed by atoms with Crippen molar-refractivity contribution >= 4 is 0 Å². The lowest BCUT2D eigenvalue weighted by molar-refractivity contribution is 0.0716. The Labute approximate surface area is 180 Å². The van der Waals surface area contributed by atoms with Gasteiger partial charge in [0, 0.05) is 0 Å². The maximum Gasteiger partial charge on any atom is 0.119 e. The van der Waals surface area contributed by atoms with Crippen molar-refractivity contribution in [3.63, 3.8) is 0 Å². The van der Waals surface area contributed by atoms with Gasteiger partial charge in [0.25, 0.3) is 0 Å². The van der Waals surface area contributed by atoms with Gasteiger partial charge in [-0.3, -0.25) is 0 Å². The van der Waals surface area contributed by atoms with Crippen molar-refractivity contribution in [2.45, 2.75) is 103 Å². The largest absolute Gasteiger partial charge is 0.494 e. The third kappa shape index (κ3) is 5.39. The Balaban J connectivity index is 1.26. The summed E-state index contributed by atoms with van der Waals surface area (Å²) in [5, 5.41) is 0. The Morgan fingerprint density at radius 3 is 2.03 bits per heavy atom. The lowest BCUT2D eigenvalue weighted by atomic mass is 9.60. The molecule has 0 heterocycles. The SMILES string of the molecule is CCCCOc1ccc(C2CCC3CC(C4CCC(CC)CC4)CCC3C2)cc1. The molecule has 1 aromatic carbocycles. The Hall–Kier alpha value is -0.980. The Kier molecular flexibility index (Phi) is 7.60. The van der Waals surface area contributed by atoms with Gasteiger partial charge in [-0.25, -0.2) is 0 Å². The molecule has 0 N–H and O–H groups in total. The topological polar surface area (TPSA) is 9.23 Å². The first-order valence-electron chi connectivity index (χ1n) is 13.0. The van der Waals surface area contributed by atoms with Crippen molar-refractivity contribution < 1.29 is 4.74 Å². The monoisotopic (exact) mass is 396 g/mol. The molecule has 1 aromatic rings. The average Bonchev–Trinajstić information content (AvgIpc) is 2.79. The molecule has 162 valence electrons. The fraction of sp³-hybridized carbons (Fsp3) is 0.786. The van der Waals surface area contributed by atoms with E-state index in [1.54, 1.807) is 12.0 Å². The second kappa shape index (κ2) is 10.4. The Morgan fingerprint density at radius 2 is 1.34 bits per heavy atom. The molecule has 3 saturated carbocycles. The molecule has 3 aliphatic carbocycles. The fourth-order valence-electron chi connectivity index (χ4n) is 6.89.